The van der Waals surface area contributed by atoms with Gasteiger partial charge in [-0.2, -0.15) is 11.8 Å². The molecule has 0 saturated heterocycles. The van der Waals surface area contributed by atoms with Crippen molar-refractivity contribution in [2.75, 3.05) is 12.8 Å². The molecule has 0 aromatic carbocycles. The Labute approximate surface area is 88.3 Å². The van der Waals surface area contributed by atoms with Gasteiger partial charge in [-0.25, -0.2) is 13.1 Å². The van der Waals surface area contributed by atoms with E-state index in [1.165, 1.54) is 11.8 Å². The van der Waals surface area contributed by atoms with Gasteiger partial charge in [-0.3, -0.25) is 4.79 Å². The van der Waals surface area contributed by atoms with Crippen LogP contribution in [0.3, 0.4) is 0 Å². The van der Waals surface area contributed by atoms with Crippen LogP contribution in [-0.2, 0) is 14.8 Å². The number of aliphatic carboxylic acids is 1. The third-order valence-corrected chi connectivity index (χ3v) is 4.46. The van der Waals surface area contributed by atoms with E-state index in [4.69, 9.17) is 5.11 Å². The Morgan fingerprint density at radius 2 is 2.00 bits per heavy atom. The van der Waals surface area contributed by atoms with Crippen LogP contribution in [0.1, 0.15) is 13.8 Å². The van der Waals surface area contributed by atoms with Gasteiger partial charge in [0.05, 0.1) is 0 Å². The van der Waals surface area contributed by atoms with Gasteiger partial charge in [-0.15, -0.1) is 0 Å². The minimum Gasteiger partial charge on any atom is -0.480 e. The van der Waals surface area contributed by atoms with Crippen molar-refractivity contribution in [2.45, 2.75) is 24.3 Å². The molecule has 0 aromatic rings. The summed E-state index contributed by atoms with van der Waals surface area (Å²) in [6.07, 6.45) is 1.86. The molecule has 0 aromatic heterocycles. The average molecular weight is 241 g/mol. The third kappa shape index (κ3) is 4.30. The lowest BCUT2D eigenvalue weighted by Crippen LogP contribution is -2.39. The lowest BCUT2D eigenvalue weighted by atomic mass is 10.5. The summed E-state index contributed by atoms with van der Waals surface area (Å²) >= 11 is 1.51. The van der Waals surface area contributed by atoms with Crippen LogP contribution >= 0.6 is 11.8 Å². The van der Waals surface area contributed by atoms with Gasteiger partial charge in [0.15, 0.2) is 5.25 Å². The molecule has 0 bridgehead atoms. The number of hydrogen-bond donors (Lipinski definition) is 2. The molecule has 0 spiro atoms. The summed E-state index contributed by atoms with van der Waals surface area (Å²) in [4.78, 5) is 10.4. The smallest absolute Gasteiger partial charge is 0.323 e. The monoisotopic (exact) mass is 241 g/mol. The summed E-state index contributed by atoms with van der Waals surface area (Å²) in [5, 5.41) is 7.24. The van der Waals surface area contributed by atoms with E-state index in [9.17, 15) is 13.2 Å². The Bertz CT molecular complexity index is 288. The van der Waals surface area contributed by atoms with Crippen LogP contribution in [0.2, 0.25) is 0 Å². The summed E-state index contributed by atoms with van der Waals surface area (Å²) in [7, 11) is -3.73. The van der Waals surface area contributed by atoms with Gasteiger partial charge in [-0.05, 0) is 13.2 Å². The van der Waals surface area contributed by atoms with E-state index in [2.05, 4.69) is 4.72 Å². The zero-order valence-corrected chi connectivity index (χ0v) is 9.98. The number of carbonyl (C=O) groups is 1. The normalized spacial score (nSPS) is 16.2. The SMILES string of the molecule is CSC(C)CNS(=O)(=O)C(C)C(=O)O. The molecule has 2 atom stereocenters. The summed E-state index contributed by atoms with van der Waals surface area (Å²) in [6, 6.07) is 0. The van der Waals surface area contributed by atoms with Crippen LogP contribution in [0.5, 0.6) is 0 Å². The molecule has 0 rings (SSSR count). The maximum Gasteiger partial charge on any atom is 0.323 e. The molecule has 2 N–H and O–H groups in total. The maximum absolute atomic E-state index is 11.3. The fourth-order valence-corrected chi connectivity index (χ4v) is 1.93. The lowest BCUT2D eigenvalue weighted by Gasteiger charge is -2.12. The number of carboxylic acids is 1. The largest absolute Gasteiger partial charge is 0.480 e. The predicted molar refractivity (Wildman–Crippen MR) is 57.0 cm³/mol. The van der Waals surface area contributed by atoms with E-state index in [0.29, 0.717) is 0 Å². The highest BCUT2D eigenvalue weighted by molar-refractivity contribution is 7.99. The summed E-state index contributed by atoms with van der Waals surface area (Å²) < 4.78 is 24.8. The summed E-state index contributed by atoms with van der Waals surface area (Å²) in [5.74, 6) is -1.34. The molecule has 0 aliphatic rings. The van der Waals surface area contributed by atoms with Gasteiger partial charge in [0, 0.05) is 11.8 Å². The molecule has 0 heterocycles. The van der Waals surface area contributed by atoms with Gasteiger partial charge >= 0.3 is 5.97 Å². The number of thioether (sulfide) groups is 1. The van der Waals surface area contributed by atoms with Gasteiger partial charge in [0.25, 0.3) is 0 Å². The summed E-state index contributed by atoms with van der Waals surface area (Å²) in [5.41, 5.74) is 0. The fraction of sp³-hybridized carbons (Fsp3) is 0.857. The van der Waals surface area contributed by atoms with Crippen molar-refractivity contribution >= 4 is 27.8 Å². The Morgan fingerprint density at radius 3 is 2.36 bits per heavy atom. The molecule has 0 fully saturated rings. The standard InChI is InChI=1S/C7H15NO4S2/c1-5(13-3)4-8-14(11,12)6(2)7(9)10/h5-6,8H,4H2,1-3H3,(H,9,10). The predicted octanol–water partition coefficient (Wildman–Crippen LogP) is 0.130. The van der Waals surface area contributed by atoms with Crippen molar-refractivity contribution in [3.05, 3.63) is 0 Å². The Kier molecular flexibility index (Phi) is 5.46. The highest BCUT2D eigenvalue weighted by Gasteiger charge is 2.27. The molecule has 14 heavy (non-hydrogen) atoms. The highest BCUT2D eigenvalue weighted by atomic mass is 32.2. The number of sulfonamides is 1. The van der Waals surface area contributed by atoms with Crippen LogP contribution in [0.15, 0.2) is 0 Å². The van der Waals surface area contributed by atoms with Crippen molar-refractivity contribution in [3.63, 3.8) is 0 Å². The zero-order chi connectivity index (χ0) is 11.4. The van der Waals surface area contributed by atoms with Crippen molar-refractivity contribution in [1.82, 2.24) is 4.72 Å². The van der Waals surface area contributed by atoms with Crippen molar-refractivity contribution in [1.29, 1.82) is 0 Å². The minimum atomic E-state index is -3.73. The maximum atomic E-state index is 11.3. The molecule has 0 aliphatic carbocycles. The molecular weight excluding hydrogens is 226 g/mol. The van der Waals surface area contributed by atoms with E-state index in [1.807, 2.05) is 13.2 Å². The van der Waals surface area contributed by atoms with Crippen LogP contribution < -0.4 is 4.72 Å². The van der Waals surface area contributed by atoms with Crippen LogP contribution in [-0.4, -0.2) is 42.8 Å². The molecular formula is C7H15NO4S2. The van der Waals surface area contributed by atoms with E-state index in [-0.39, 0.29) is 11.8 Å². The first-order chi connectivity index (χ1) is 6.31. The molecule has 5 nitrogen and oxygen atoms in total. The molecule has 84 valence electrons. The van der Waals surface area contributed by atoms with Gasteiger partial charge in [0.2, 0.25) is 10.0 Å². The van der Waals surface area contributed by atoms with Crippen LogP contribution in [0.4, 0.5) is 0 Å². The van der Waals surface area contributed by atoms with Gasteiger partial charge in [-0.1, -0.05) is 6.92 Å². The van der Waals surface area contributed by atoms with Gasteiger partial charge in [0.1, 0.15) is 0 Å². The Hall–Kier alpha value is -0.270. The van der Waals surface area contributed by atoms with E-state index in [1.54, 1.807) is 0 Å². The van der Waals surface area contributed by atoms with E-state index >= 15 is 0 Å². The van der Waals surface area contributed by atoms with Crippen molar-refractivity contribution in [2.24, 2.45) is 0 Å². The number of nitrogens with one attached hydrogen (secondary N) is 1. The highest BCUT2D eigenvalue weighted by Crippen LogP contribution is 2.05. The first kappa shape index (κ1) is 13.7. The second-order valence-corrected chi connectivity index (χ2v) is 6.28. The molecule has 0 saturated carbocycles. The molecule has 7 heteroatoms. The van der Waals surface area contributed by atoms with E-state index in [0.717, 1.165) is 6.92 Å². The second-order valence-electron chi connectivity index (χ2n) is 2.92. The first-order valence-corrected chi connectivity index (χ1v) is 6.88. The lowest BCUT2D eigenvalue weighted by molar-refractivity contribution is -0.136. The number of hydrogen-bond acceptors (Lipinski definition) is 4. The topological polar surface area (TPSA) is 83.5 Å². The minimum absolute atomic E-state index is 0.130. The first-order valence-electron chi connectivity index (χ1n) is 4.05. The van der Waals surface area contributed by atoms with E-state index < -0.39 is 21.2 Å². The quantitative estimate of drug-likeness (QED) is 0.690. The molecule has 0 aliphatic heterocycles. The number of rotatable bonds is 6. The summed E-state index contributed by atoms with van der Waals surface area (Å²) in [6.45, 7) is 3.26. The molecule has 2 unspecified atom stereocenters. The molecule has 0 radical (unpaired) electrons. The Morgan fingerprint density at radius 1 is 1.50 bits per heavy atom. The average Bonchev–Trinajstić information content (AvgIpc) is 2.12. The van der Waals surface area contributed by atoms with Crippen molar-refractivity contribution in [3.8, 4) is 0 Å². The Balaban J connectivity index is 4.29. The van der Waals surface area contributed by atoms with Crippen LogP contribution in [0, 0.1) is 0 Å². The number of carboxylic acid groups (broad SMARTS) is 1. The van der Waals surface area contributed by atoms with Gasteiger partial charge < -0.3 is 5.11 Å². The van der Waals surface area contributed by atoms with Crippen LogP contribution in [0.25, 0.3) is 0 Å². The second kappa shape index (κ2) is 5.57. The van der Waals surface area contributed by atoms with Crippen molar-refractivity contribution < 1.29 is 18.3 Å². The molecule has 0 amide bonds. The third-order valence-electron chi connectivity index (χ3n) is 1.79. The fourth-order valence-electron chi connectivity index (χ4n) is 0.575. The zero-order valence-electron chi connectivity index (χ0n) is 8.35.